The molecule has 0 unspecified atom stereocenters. The van der Waals surface area contributed by atoms with Gasteiger partial charge in [-0.05, 0) is 66.7 Å². The Morgan fingerprint density at radius 3 is 0.966 bits per heavy atom. The van der Waals surface area contributed by atoms with Crippen molar-refractivity contribution in [2.75, 3.05) is 0 Å². The zero-order valence-electron chi connectivity index (χ0n) is 31.2. The van der Waals surface area contributed by atoms with E-state index >= 15 is 0 Å². The minimum Gasteiger partial charge on any atom is -0.294 e. The monoisotopic (exact) mass is 740 g/mol. The number of pyridine rings is 2. The van der Waals surface area contributed by atoms with E-state index in [-0.39, 0.29) is 0 Å². The van der Waals surface area contributed by atoms with E-state index in [4.69, 9.17) is 9.97 Å². The van der Waals surface area contributed by atoms with E-state index in [0.29, 0.717) is 0 Å². The van der Waals surface area contributed by atoms with Crippen LogP contribution in [0.2, 0.25) is 0 Å². The van der Waals surface area contributed by atoms with Crippen LogP contribution in [0.1, 0.15) is 0 Å². The minimum atomic E-state index is 0.860. The molecule has 6 nitrogen and oxygen atoms in total. The van der Waals surface area contributed by atoms with E-state index < -0.39 is 0 Å². The topological polar surface area (TPSA) is 45.5 Å². The van der Waals surface area contributed by atoms with E-state index in [9.17, 15) is 0 Å². The zero-order chi connectivity index (χ0) is 37.9. The van der Waals surface area contributed by atoms with Crippen LogP contribution >= 0.6 is 0 Å². The Bertz CT molecular complexity index is 3710. The van der Waals surface area contributed by atoms with E-state index in [2.05, 4.69) is 212 Å². The van der Waals surface area contributed by atoms with Gasteiger partial charge in [-0.25, -0.2) is 9.97 Å². The summed E-state index contributed by atoms with van der Waals surface area (Å²) < 4.78 is 9.27. The van der Waals surface area contributed by atoms with E-state index in [1.807, 2.05) is 0 Å². The number of hydrogen-bond acceptors (Lipinski definition) is 2. The molecule has 13 rings (SSSR count). The predicted molar refractivity (Wildman–Crippen MR) is 239 cm³/mol. The summed E-state index contributed by atoms with van der Waals surface area (Å²) in [5, 5.41) is 9.56. The second-order valence-electron chi connectivity index (χ2n) is 15.0. The van der Waals surface area contributed by atoms with Crippen LogP contribution in [0.4, 0.5) is 0 Å². The van der Waals surface area contributed by atoms with Crippen LogP contribution in [0.15, 0.2) is 194 Å². The standard InChI is InChI=1S/C52H32N6/c1-7-21-40-33(15-1)34-16-2-8-22-41(34)55(40)47-27-13-29-49(53-47)57-45-26-12-6-20-39(45)51-46(57)32-31-38-37-19-5-11-25-44(37)58(52(38)51)50-30-14-28-48(54-50)56-42-23-9-3-17-35(42)36-18-4-10-24-43(36)56/h1-32H. The van der Waals surface area contributed by atoms with Crippen molar-refractivity contribution < 1.29 is 0 Å². The molecule has 6 heteroatoms. The highest BCUT2D eigenvalue weighted by Gasteiger charge is 2.23. The fraction of sp³-hybridized carbons (Fsp3) is 0. The summed E-state index contributed by atoms with van der Waals surface area (Å²) in [7, 11) is 0. The SMILES string of the molecule is c1cc(-n2c3ccccc3c3ccccc32)nc(-n2c3ccccc3c3c2ccc2c4ccccc4n(-c4cccc(-n5c6ccccc6c6ccccc65)n4)c23)c1. The lowest BCUT2D eigenvalue weighted by atomic mass is 10.1. The van der Waals surface area contributed by atoms with Crippen LogP contribution in [-0.2, 0) is 0 Å². The number of nitrogens with zero attached hydrogens (tertiary/aromatic N) is 6. The number of fused-ring (bicyclic) bond motifs is 13. The van der Waals surface area contributed by atoms with Crippen molar-refractivity contribution >= 4 is 87.2 Å². The van der Waals surface area contributed by atoms with Crippen molar-refractivity contribution in [1.82, 2.24) is 28.2 Å². The Hall–Kier alpha value is -7.96. The maximum atomic E-state index is 5.50. The second-order valence-corrected chi connectivity index (χ2v) is 15.0. The first-order chi connectivity index (χ1) is 28.8. The lowest BCUT2D eigenvalue weighted by molar-refractivity contribution is 1.01. The number of rotatable bonds is 4. The molecule has 0 aliphatic carbocycles. The number of hydrogen-bond donors (Lipinski definition) is 0. The molecule has 58 heavy (non-hydrogen) atoms. The molecule has 0 spiro atoms. The highest BCUT2D eigenvalue weighted by atomic mass is 15.2. The van der Waals surface area contributed by atoms with Gasteiger partial charge in [-0.2, -0.15) is 0 Å². The van der Waals surface area contributed by atoms with Gasteiger partial charge in [-0.3, -0.25) is 18.3 Å². The normalized spacial score (nSPS) is 12.1. The maximum absolute atomic E-state index is 5.50. The van der Waals surface area contributed by atoms with Crippen LogP contribution in [0, 0.1) is 0 Å². The number of aromatic nitrogens is 6. The Labute approximate surface area is 331 Å². The maximum Gasteiger partial charge on any atom is 0.140 e. The van der Waals surface area contributed by atoms with Gasteiger partial charge in [0.1, 0.15) is 23.3 Å². The molecule has 7 aromatic carbocycles. The van der Waals surface area contributed by atoms with Crippen LogP contribution < -0.4 is 0 Å². The molecule has 0 saturated carbocycles. The number of para-hydroxylation sites is 6. The molecule has 0 fully saturated rings. The van der Waals surface area contributed by atoms with Crippen molar-refractivity contribution in [1.29, 1.82) is 0 Å². The fourth-order valence-corrected chi connectivity index (χ4v) is 9.65. The van der Waals surface area contributed by atoms with Crippen molar-refractivity contribution in [3.63, 3.8) is 0 Å². The molecule has 13 aromatic rings. The lowest BCUT2D eigenvalue weighted by Gasteiger charge is -2.13. The first-order valence-corrected chi connectivity index (χ1v) is 19.7. The molecular formula is C52H32N6. The average Bonchev–Trinajstić information content (AvgIpc) is 4.01. The summed E-state index contributed by atoms with van der Waals surface area (Å²) in [6.45, 7) is 0. The minimum absolute atomic E-state index is 0.860. The molecule has 270 valence electrons. The van der Waals surface area contributed by atoms with Gasteiger partial charge in [0.15, 0.2) is 0 Å². The molecule has 6 heterocycles. The van der Waals surface area contributed by atoms with Gasteiger partial charge in [0, 0.05) is 43.1 Å². The van der Waals surface area contributed by atoms with Gasteiger partial charge < -0.3 is 0 Å². The highest BCUT2D eigenvalue weighted by molar-refractivity contribution is 6.26. The third-order valence-corrected chi connectivity index (χ3v) is 12.0. The summed E-state index contributed by atoms with van der Waals surface area (Å²) in [6, 6.07) is 69.1. The van der Waals surface area contributed by atoms with Gasteiger partial charge in [0.25, 0.3) is 0 Å². The Morgan fingerprint density at radius 1 is 0.224 bits per heavy atom. The van der Waals surface area contributed by atoms with E-state index in [1.165, 1.54) is 32.3 Å². The molecule has 0 atom stereocenters. The molecule has 0 radical (unpaired) electrons. The van der Waals surface area contributed by atoms with Crippen molar-refractivity contribution in [3.05, 3.63) is 194 Å². The summed E-state index contributed by atoms with van der Waals surface area (Å²) in [5.74, 6) is 3.48. The molecular weight excluding hydrogens is 709 g/mol. The lowest BCUT2D eigenvalue weighted by Crippen LogP contribution is -2.03. The van der Waals surface area contributed by atoms with Crippen molar-refractivity contribution in [2.45, 2.75) is 0 Å². The predicted octanol–water partition coefficient (Wildman–Crippen LogP) is 12.9. The number of benzene rings is 7. The Balaban J connectivity index is 1.09. The third-order valence-electron chi connectivity index (χ3n) is 12.0. The summed E-state index contributed by atoms with van der Waals surface area (Å²) in [5.41, 5.74) is 8.96. The molecule has 0 amide bonds. The quantitative estimate of drug-likeness (QED) is 0.180. The van der Waals surface area contributed by atoms with Gasteiger partial charge in [-0.15, -0.1) is 0 Å². The van der Waals surface area contributed by atoms with Crippen LogP contribution in [-0.4, -0.2) is 28.2 Å². The van der Waals surface area contributed by atoms with E-state index in [1.54, 1.807) is 0 Å². The largest absolute Gasteiger partial charge is 0.294 e. The van der Waals surface area contributed by atoms with Crippen LogP contribution in [0.25, 0.3) is 110 Å². The summed E-state index contributed by atoms with van der Waals surface area (Å²) in [4.78, 5) is 11.0. The fourth-order valence-electron chi connectivity index (χ4n) is 9.65. The third kappa shape index (κ3) is 4.20. The second kappa shape index (κ2) is 11.8. The van der Waals surface area contributed by atoms with Gasteiger partial charge in [0.2, 0.25) is 0 Å². The molecule has 6 aromatic heterocycles. The molecule has 0 bridgehead atoms. The summed E-state index contributed by atoms with van der Waals surface area (Å²) in [6.07, 6.45) is 0. The molecule has 0 N–H and O–H groups in total. The van der Waals surface area contributed by atoms with E-state index in [0.717, 1.165) is 78.2 Å². The molecule has 0 aliphatic rings. The Kier molecular flexibility index (Phi) is 6.35. The zero-order valence-corrected chi connectivity index (χ0v) is 31.2. The van der Waals surface area contributed by atoms with Crippen molar-refractivity contribution in [3.8, 4) is 23.3 Å². The first kappa shape index (κ1) is 31.3. The first-order valence-electron chi connectivity index (χ1n) is 19.7. The van der Waals surface area contributed by atoms with Crippen LogP contribution in [0.3, 0.4) is 0 Å². The Morgan fingerprint density at radius 2 is 0.534 bits per heavy atom. The smallest absolute Gasteiger partial charge is 0.140 e. The summed E-state index contributed by atoms with van der Waals surface area (Å²) >= 11 is 0. The van der Waals surface area contributed by atoms with Crippen LogP contribution in [0.5, 0.6) is 0 Å². The van der Waals surface area contributed by atoms with Crippen molar-refractivity contribution in [2.24, 2.45) is 0 Å². The van der Waals surface area contributed by atoms with Gasteiger partial charge >= 0.3 is 0 Å². The molecule has 0 aliphatic heterocycles. The van der Waals surface area contributed by atoms with Gasteiger partial charge in [-0.1, -0.05) is 127 Å². The molecule has 0 saturated heterocycles. The van der Waals surface area contributed by atoms with Gasteiger partial charge in [0.05, 0.1) is 44.1 Å². The highest BCUT2D eigenvalue weighted by Crippen LogP contribution is 2.42. The average molecular weight is 741 g/mol.